The Hall–Kier alpha value is -1.36. The third-order valence-corrected chi connectivity index (χ3v) is 4.83. The van der Waals surface area contributed by atoms with Crippen LogP contribution in [0.1, 0.15) is 44.1 Å². The number of rotatable bonds is 4. The van der Waals surface area contributed by atoms with Crippen LogP contribution in [-0.2, 0) is 17.3 Å². The second kappa shape index (κ2) is 8.17. The Labute approximate surface area is 129 Å². The molecule has 5 heteroatoms. The highest BCUT2D eigenvalue weighted by Crippen LogP contribution is 2.17. The second-order valence-corrected chi connectivity index (χ2v) is 7.01. The van der Waals surface area contributed by atoms with E-state index >= 15 is 0 Å². The molecule has 1 aliphatic carbocycles. The van der Waals surface area contributed by atoms with Gasteiger partial charge < -0.3 is 11.1 Å². The van der Waals surface area contributed by atoms with E-state index in [1.165, 1.54) is 38.5 Å². The van der Waals surface area contributed by atoms with Crippen molar-refractivity contribution in [2.45, 2.75) is 56.0 Å². The minimum absolute atomic E-state index is 0.473. The molecular weight excluding hydrogens is 282 g/mol. The molecule has 0 bridgehead atoms. The van der Waals surface area contributed by atoms with E-state index in [1.807, 2.05) is 24.3 Å². The molecular formula is C16H25N3OS. The summed E-state index contributed by atoms with van der Waals surface area (Å²) in [7, 11) is -0.929. The maximum absolute atomic E-state index is 11.3. The quantitative estimate of drug-likeness (QED) is 0.510. The van der Waals surface area contributed by atoms with Crippen molar-refractivity contribution in [2.75, 3.05) is 6.26 Å². The Kier molecular flexibility index (Phi) is 6.23. The first-order chi connectivity index (χ1) is 10.1. The van der Waals surface area contributed by atoms with E-state index in [4.69, 9.17) is 5.73 Å². The van der Waals surface area contributed by atoms with Gasteiger partial charge in [0.05, 0.1) is 6.54 Å². The van der Waals surface area contributed by atoms with Crippen molar-refractivity contribution in [2.24, 2.45) is 10.7 Å². The zero-order valence-corrected chi connectivity index (χ0v) is 13.5. The van der Waals surface area contributed by atoms with E-state index in [9.17, 15) is 4.21 Å². The van der Waals surface area contributed by atoms with Gasteiger partial charge in [0.25, 0.3) is 0 Å². The molecule has 1 saturated carbocycles. The van der Waals surface area contributed by atoms with Gasteiger partial charge in [0.15, 0.2) is 5.96 Å². The smallest absolute Gasteiger partial charge is 0.189 e. The lowest BCUT2D eigenvalue weighted by Crippen LogP contribution is -2.39. The molecule has 3 N–H and O–H groups in total. The Morgan fingerprint density at radius 2 is 1.86 bits per heavy atom. The fraction of sp³-hybridized carbons (Fsp3) is 0.562. The molecule has 0 heterocycles. The summed E-state index contributed by atoms with van der Waals surface area (Å²) in [4.78, 5) is 5.24. The highest BCUT2D eigenvalue weighted by molar-refractivity contribution is 7.84. The van der Waals surface area contributed by atoms with Crippen LogP contribution in [0.25, 0.3) is 0 Å². The number of guanidine groups is 1. The van der Waals surface area contributed by atoms with Crippen LogP contribution in [0.3, 0.4) is 0 Å². The lowest BCUT2D eigenvalue weighted by Gasteiger charge is -2.16. The first-order valence-electron chi connectivity index (χ1n) is 7.64. The first kappa shape index (κ1) is 16.0. The van der Waals surface area contributed by atoms with Gasteiger partial charge in [-0.2, -0.15) is 0 Å². The van der Waals surface area contributed by atoms with Crippen LogP contribution in [0.5, 0.6) is 0 Å². The average Bonchev–Trinajstić information content (AvgIpc) is 2.74. The number of nitrogens with one attached hydrogen (secondary N) is 1. The minimum atomic E-state index is -0.929. The molecule has 1 fully saturated rings. The maximum Gasteiger partial charge on any atom is 0.189 e. The van der Waals surface area contributed by atoms with E-state index in [0.717, 1.165) is 10.5 Å². The number of hydrogen-bond donors (Lipinski definition) is 2. The van der Waals surface area contributed by atoms with Crippen LogP contribution in [-0.4, -0.2) is 22.5 Å². The predicted molar refractivity (Wildman–Crippen MR) is 88.7 cm³/mol. The van der Waals surface area contributed by atoms with E-state index < -0.39 is 10.8 Å². The summed E-state index contributed by atoms with van der Waals surface area (Å²) in [5.74, 6) is 0.532. The lowest BCUT2D eigenvalue weighted by atomic mass is 10.1. The van der Waals surface area contributed by atoms with Crippen molar-refractivity contribution < 1.29 is 4.21 Å². The van der Waals surface area contributed by atoms with Crippen molar-refractivity contribution in [3.05, 3.63) is 29.8 Å². The van der Waals surface area contributed by atoms with Gasteiger partial charge in [0.2, 0.25) is 0 Å². The highest BCUT2D eigenvalue weighted by Gasteiger charge is 2.12. The average molecular weight is 307 g/mol. The van der Waals surface area contributed by atoms with Crippen molar-refractivity contribution >= 4 is 16.8 Å². The Morgan fingerprint density at radius 3 is 2.43 bits per heavy atom. The number of nitrogens with zero attached hydrogens (tertiary/aromatic N) is 1. The minimum Gasteiger partial charge on any atom is -0.370 e. The lowest BCUT2D eigenvalue weighted by molar-refractivity contribution is 0.530. The van der Waals surface area contributed by atoms with Crippen molar-refractivity contribution in [1.82, 2.24) is 5.32 Å². The monoisotopic (exact) mass is 307 g/mol. The molecule has 116 valence electrons. The Balaban J connectivity index is 1.85. The van der Waals surface area contributed by atoms with Crippen LogP contribution in [0.4, 0.5) is 0 Å². The van der Waals surface area contributed by atoms with Gasteiger partial charge in [0, 0.05) is 28.0 Å². The molecule has 2 rings (SSSR count). The number of benzene rings is 1. The molecule has 0 saturated heterocycles. The number of hydrogen-bond acceptors (Lipinski definition) is 2. The predicted octanol–water partition coefficient (Wildman–Crippen LogP) is 2.55. The Morgan fingerprint density at radius 1 is 1.24 bits per heavy atom. The van der Waals surface area contributed by atoms with Crippen molar-refractivity contribution in [1.29, 1.82) is 0 Å². The third-order valence-electron chi connectivity index (χ3n) is 3.89. The molecule has 0 aromatic heterocycles. The molecule has 21 heavy (non-hydrogen) atoms. The van der Waals surface area contributed by atoms with Gasteiger partial charge in [-0.25, -0.2) is 4.99 Å². The van der Waals surface area contributed by atoms with E-state index in [0.29, 0.717) is 18.5 Å². The highest BCUT2D eigenvalue weighted by atomic mass is 32.2. The molecule has 0 aliphatic heterocycles. The number of nitrogens with two attached hydrogens (primary N) is 1. The SMILES string of the molecule is CS(=O)c1ccc(CN=C(N)NC2CCCCCC2)cc1. The van der Waals surface area contributed by atoms with Gasteiger partial charge in [-0.3, -0.25) is 4.21 Å². The van der Waals surface area contributed by atoms with Crippen LogP contribution in [0.2, 0.25) is 0 Å². The molecule has 1 aliphatic rings. The molecule has 1 aromatic carbocycles. The van der Waals surface area contributed by atoms with Crippen LogP contribution in [0, 0.1) is 0 Å². The van der Waals surface area contributed by atoms with Crippen LogP contribution in [0.15, 0.2) is 34.2 Å². The molecule has 0 spiro atoms. The van der Waals surface area contributed by atoms with Gasteiger partial charge >= 0.3 is 0 Å². The molecule has 4 nitrogen and oxygen atoms in total. The van der Waals surface area contributed by atoms with Gasteiger partial charge in [-0.05, 0) is 30.5 Å². The van der Waals surface area contributed by atoms with Crippen LogP contribution < -0.4 is 11.1 Å². The largest absolute Gasteiger partial charge is 0.370 e. The third kappa shape index (κ3) is 5.50. The zero-order chi connectivity index (χ0) is 15.1. The topological polar surface area (TPSA) is 67.5 Å². The normalized spacial score (nSPS) is 19.0. The summed E-state index contributed by atoms with van der Waals surface area (Å²) in [6.45, 7) is 0.558. The summed E-state index contributed by atoms with van der Waals surface area (Å²) in [6, 6.07) is 8.16. The second-order valence-electron chi connectivity index (χ2n) is 5.63. The summed E-state index contributed by atoms with van der Waals surface area (Å²) in [5.41, 5.74) is 7.05. The molecule has 1 unspecified atom stereocenters. The molecule has 0 radical (unpaired) electrons. The van der Waals surface area contributed by atoms with Crippen LogP contribution >= 0.6 is 0 Å². The van der Waals surface area contributed by atoms with E-state index in [2.05, 4.69) is 10.3 Å². The fourth-order valence-electron chi connectivity index (χ4n) is 2.64. The summed E-state index contributed by atoms with van der Waals surface area (Å²) >= 11 is 0. The van der Waals surface area contributed by atoms with Gasteiger partial charge in [0.1, 0.15) is 0 Å². The molecule has 0 amide bonds. The van der Waals surface area contributed by atoms with E-state index in [1.54, 1.807) is 6.26 Å². The molecule has 1 atom stereocenters. The zero-order valence-electron chi connectivity index (χ0n) is 12.7. The summed E-state index contributed by atoms with van der Waals surface area (Å²) < 4.78 is 11.3. The van der Waals surface area contributed by atoms with Gasteiger partial charge in [-0.15, -0.1) is 0 Å². The maximum atomic E-state index is 11.3. The Bertz CT molecular complexity index is 491. The summed E-state index contributed by atoms with van der Waals surface area (Å²) in [5, 5.41) is 3.34. The fourth-order valence-corrected chi connectivity index (χ4v) is 3.16. The summed E-state index contributed by atoms with van der Waals surface area (Å²) in [6.07, 6.45) is 9.28. The van der Waals surface area contributed by atoms with Crippen molar-refractivity contribution in [3.63, 3.8) is 0 Å². The standard InChI is InChI=1S/C16H25N3OS/c1-21(20)15-10-8-13(9-11-15)12-18-16(17)19-14-6-4-2-3-5-7-14/h8-11,14H,2-7,12H2,1H3,(H3,17,18,19). The number of aliphatic imine (C=N–C) groups is 1. The van der Waals surface area contributed by atoms with E-state index in [-0.39, 0.29) is 0 Å². The van der Waals surface area contributed by atoms with Gasteiger partial charge in [-0.1, -0.05) is 37.8 Å². The molecule has 1 aromatic rings. The first-order valence-corrected chi connectivity index (χ1v) is 9.20. The van der Waals surface area contributed by atoms with Crippen molar-refractivity contribution in [3.8, 4) is 0 Å².